The molecule has 0 bridgehead atoms. The molecule has 0 N–H and O–H groups in total. The number of fused-ring (bicyclic) bond motifs is 5. The molecule has 0 radical (unpaired) electrons. The van der Waals surface area contributed by atoms with Crippen LogP contribution in [0.3, 0.4) is 0 Å². The van der Waals surface area contributed by atoms with Crippen LogP contribution < -0.4 is 0 Å². The standard InChI is InChI=1S/C19H18N2O2/c1-19(2,3)23-18(22)21-15-7-5-4-6-13(15)17-14-11-20-10-12(14)8-9-16(17)21/h4-10H,11H2,1-3H3. The van der Waals surface area contributed by atoms with E-state index in [1.54, 1.807) is 4.57 Å². The van der Waals surface area contributed by atoms with Gasteiger partial charge in [-0.15, -0.1) is 0 Å². The first-order chi connectivity index (χ1) is 11.0. The Morgan fingerprint density at radius 1 is 1.13 bits per heavy atom. The van der Waals surface area contributed by atoms with Crippen LogP contribution in [-0.4, -0.2) is 22.5 Å². The van der Waals surface area contributed by atoms with Gasteiger partial charge in [-0.1, -0.05) is 24.3 Å². The highest BCUT2D eigenvalue weighted by Crippen LogP contribution is 2.35. The number of rotatable bonds is 0. The van der Waals surface area contributed by atoms with E-state index in [1.165, 1.54) is 5.56 Å². The molecule has 1 aliphatic heterocycles. The van der Waals surface area contributed by atoms with Gasteiger partial charge in [0.15, 0.2) is 0 Å². The highest BCUT2D eigenvalue weighted by atomic mass is 16.6. The SMILES string of the molecule is CC(C)(C)OC(=O)n1c2ccccc2c2c3c(ccc21)C=NC3. The van der Waals surface area contributed by atoms with Crippen molar-refractivity contribution in [3.63, 3.8) is 0 Å². The zero-order valence-electron chi connectivity index (χ0n) is 13.5. The molecule has 0 spiro atoms. The van der Waals surface area contributed by atoms with Gasteiger partial charge >= 0.3 is 6.09 Å². The van der Waals surface area contributed by atoms with E-state index in [9.17, 15) is 4.79 Å². The predicted molar refractivity (Wildman–Crippen MR) is 92.4 cm³/mol. The van der Waals surface area contributed by atoms with Crippen LogP contribution in [0.4, 0.5) is 4.79 Å². The fourth-order valence-corrected chi connectivity index (χ4v) is 3.18. The van der Waals surface area contributed by atoms with Gasteiger partial charge in [-0.2, -0.15) is 0 Å². The van der Waals surface area contributed by atoms with Crippen LogP contribution in [0.2, 0.25) is 0 Å². The zero-order valence-corrected chi connectivity index (χ0v) is 13.5. The molecule has 2 aromatic carbocycles. The Hall–Kier alpha value is -2.62. The minimum Gasteiger partial charge on any atom is -0.443 e. The van der Waals surface area contributed by atoms with Crippen molar-refractivity contribution in [1.29, 1.82) is 0 Å². The highest BCUT2D eigenvalue weighted by molar-refractivity contribution is 6.15. The first-order valence-corrected chi connectivity index (χ1v) is 7.74. The Morgan fingerprint density at radius 3 is 2.70 bits per heavy atom. The topological polar surface area (TPSA) is 43.6 Å². The van der Waals surface area contributed by atoms with E-state index < -0.39 is 5.60 Å². The molecule has 0 atom stereocenters. The maximum Gasteiger partial charge on any atom is 0.419 e. The number of carbonyl (C=O) groups excluding carboxylic acids is 1. The number of aliphatic imine (C=N–C) groups is 1. The predicted octanol–water partition coefficient (Wildman–Crippen LogP) is 4.51. The normalized spacial score (nSPS) is 13.7. The second-order valence-corrected chi connectivity index (χ2v) is 6.83. The maximum absolute atomic E-state index is 12.8. The summed E-state index contributed by atoms with van der Waals surface area (Å²) in [6.45, 7) is 6.30. The number of hydrogen-bond donors (Lipinski definition) is 0. The first-order valence-electron chi connectivity index (χ1n) is 7.74. The fraction of sp³-hybridized carbons (Fsp3) is 0.263. The molecule has 0 fully saturated rings. The van der Waals surface area contributed by atoms with E-state index in [-0.39, 0.29) is 6.09 Å². The number of hydrogen-bond acceptors (Lipinski definition) is 3. The van der Waals surface area contributed by atoms with Crippen molar-refractivity contribution in [3.8, 4) is 0 Å². The third-order valence-corrected chi connectivity index (χ3v) is 4.04. The molecular weight excluding hydrogens is 288 g/mol. The first kappa shape index (κ1) is 14.0. The summed E-state index contributed by atoms with van der Waals surface area (Å²) in [4.78, 5) is 17.1. The quantitative estimate of drug-likeness (QED) is 0.613. The average molecular weight is 306 g/mol. The molecule has 23 heavy (non-hydrogen) atoms. The smallest absolute Gasteiger partial charge is 0.419 e. The second-order valence-electron chi connectivity index (χ2n) is 6.83. The van der Waals surface area contributed by atoms with Crippen molar-refractivity contribution in [1.82, 2.24) is 4.57 Å². The molecule has 0 saturated carbocycles. The van der Waals surface area contributed by atoms with Gasteiger partial charge in [0.2, 0.25) is 0 Å². The Labute approximate surface area is 134 Å². The summed E-state index contributed by atoms with van der Waals surface area (Å²) in [5.74, 6) is 0. The van der Waals surface area contributed by atoms with Gasteiger partial charge in [-0.25, -0.2) is 9.36 Å². The Morgan fingerprint density at radius 2 is 1.91 bits per heavy atom. The Balaban J connectivity index is 2.05. The van der Waals surface area contributed by atoms with E-state index in [4.69, 9.17) is 4.74 Å². The monoisotopic (exact) mass is 306 g/mol. The molecule has 0 unspecified atom stereocenters. The van der Waals surface area contributed by atoms with Gasteiger partial charge in [-0.3, -0.25) is 4.99 Å². The number of carbonyl (C=O) groups is 1. The van der Waals surface area contributed by atoms with Crippen LogP contribution in [-0.2, 0) is 11.3 Å². The molecule has 2 heterocycles. The molecule has 3 aromatic rings. The van der Waals surface area contributed by atoms with Gasteiger partial charge in [-0.05, 0) is 44.0 Å². The molecule has 1 aromatic heterocycles. The van der Waals surface area contributed by atoms with Gasteiger partial charge in [0.25, 0.3) is 0 Å². The van der Waals surface area contributed by atoms with Crippen LogP contribution >= 0.6 is 0 Å². The van der Waals surface area contributed by atoms with E-state index in [0.29, 0.717) is 6.54 Å². The molecule has 4 heteroatoms. The minimum atomic E-state index is -0.533. The van der Waals surface area contributed by atoms with Crippen LogP contribution in [0.1, 0.15) is 31.9 Å². The van der Waals surface area contributed by atoms with E-state index in [0.717, 1.165) is 27.4 Å². The van der Waals surface area contributed by atoms with Crippen LogP contribution in [0.15, 0.2) is 41.4 Å². The summed E-state index contributed by atoms with van der Waals surface area (Å²) in [6.07, 6.45) is 1.55. The maximum atomic E-state index is 12.8. The minimum absolute atomic E-state index is 0.345. The summed E-state index contributed by atoms with van der Waals surface area (Å²) in [5, 5.41) is 2.16. The van der Waals surface area contributed by atoms with Crippen LogP contribution in [0, 0.1) is 0 Å². The molecule has 0 amide bonds. The van der Waals surface area contributed by atoms with Crippen molar-refractivity contribution in [2.24, 2.45) is 4.99 Å². The lowest BCUT2D eigenvalue weighted by atomic mass is 10.0. The van der Waals surface area contributed by atoms with Crippen molar-refractivity contribution < 1.29 is 9.53 Å². The van der Waals surface area contributed by atoms with Gasteiger partial charge in [0.05, 0.1) is 17.6 Å². The lowest BCUT2D eigenvalue weighted by Crippen LogP contribution is -2.27. The summed E-state index contributed by atoms with van der Waals surface area (Å²) in [5.41, 5.74) is 3.53. The summed E-state index contributed by atoms with van der Waals surface area (Å²) < 4.78 is 7.29. The van der Waals surface area contributed by atoms with Crippen molar-refractivity contribution in [2.75, 3.05) is 0 Å². The third kappa shape index (κ3) is 2.13. The molecular formula is C19H18N2O2. The zero-order chi connectivity index (χ0) is 16.2. The van der Waals surface area contributed by atoms with Gasteiger partial charge in [0, 0.05) is 17.0 Å². The summed E-state index contributed by atoms with van der Waals surface area (Å²) in [7, 11) is 0. The van der Waals surface area contributed by atoms with E-state index in [2.05, 4.69) is 11.1 Å². The third-order valence-electron chi connectivity index (χ3n) is 4.04. The second kappa shape index (κ2) is 4.69. The number of ether oxygens (including phenoxy) is 1. The molecule has 1 aliphatic rings. The summed E-state index contributed by atoms with van der Waals surface area (Å²) >= 11 is 0. The Bertz CT molecular complexity index is 974. The largest absolute Gasteiger partial charge is 0.443 e. The molecule has 0 aliphatic carbocycles. The molecule has 4 nitrogen and oxygen atoms in total. The van der Waals surface area contributed by atoms with E-state index >= 15 is 0 Å². The van der Waals surface area contributed by atoms with Crippen molar-refractivity contribution in [2.45, 2.75) is 32.9 Å². The number of nitrogens with zero attached hydrogens (tertiary/aromatic N) is 2. The van der Waals surface area contributed by atoms with Crippen LogP contribution in [0.5, 0.6) is 0 Å². The Kier molecular flexibility index (Phi) is 2.85. The average Bonchev–Trinajstić information content (AvgIpc) is 3.06. The van der Waals surface area contributed by atoms with Gasteiger partial charge in [0.1, 0.15) is 5.60 Å². The number of aromatic nitrogens is 1. The van der Waals surface area contributed by atoms with Crippen LogP contribution in [0.25, 0.3) is 21.8 Å². The number of para-hydroxylation sites is 1. The lowest BCUT2D eigenvalue weighted by molar-refractivity contribution is 0.0551. The van der Waals surface area contributed by atoms with E-state index in [1.807, 2.05) is 57.3 Å². The number of benzene rings is 2. The lowest BCUT2D eigenvalue weighted by Gasteiger charge is -2.20. The highest BCUT2D eigenvalue weighted by Gasteiger charge is 2.24. The van der Waals surface area contributed by atoms with Crippen molar-refractivity contribution in [3.05, 3.63) is 47.5 Å². The molecule has 116 valence electrons. The fourth-order valence-electron chi connectivity index (χ4n) is 3.18. The molecule has 0 saturated heterocycles. The molecule has 4 rings (SSSR count). The van der Waals surface area contributed by atoms with Gasteiger partial charge < -0.3 is 4.74 Å². The van der Waals surface area contributed by atoms with Crippen molar-refractivity contribution >= 4 is 34.1 Å². The summed E-state index contributed by atoms with van der Waals surface area (Å²) in [6, 6.07) is 12.0.